The van der Waals surface area contributed by atoms with Crippen molar-refractivity contribution in [1.82, 2.24) is 14.8 Å². The van der Waals surface area contributed by atoms with Crippen LogP contribution >= 0.6 is 11.8 Å². The summed E-state index contributed by atoms with van der Waals surface area (Å²) in [6.45, 7) is 0.402. The zero-order valence-electron chi connectivity index (χ0n) is 15.6. The van der Waals surface area contributed by atoms with Crippen LogP contribution in [0.2, 0.25) is 0 Å². The average molecular weight is 395 g/mol. The standard InChI is InChI=1S/C21H21N3O3S/c1-24-20(19-14-26-17-11-5-6-12-18(17)27-19)22-23-21(24)28-13-7-10-16(25)15-8-3-2-4-9-15/h2-6,8-9,11-12,19H,7,10,13-14H2,1H3. The van der Waals surface area contributed by atoms with Gasteiger partial charge in [-0.3, -0.25) is 4.79 Å². The number of thioether (sulfide) groups is 1. The predicted molar refractivity (Wildman–Crippen MR) is 107 cm³/mol. The molecular formula is C21H21N3O3S. The Kier molecular flexibility index (Phi) is 5.62. The smallest absolute Gasteiger partial charge is 0.192 e. The average Bonchev–Trinajstić information content (AvgIpc) is 3.11. The maximum Gasteiger partial charge on any atom is 0.192 e. The number of hydrogen-bond donors (Lipinski definition) is 0. The second kappa shape index (κ2) is 8.48. The summed E-state index contributed by atoms with van der Waals surface area (Å²) in [5.74, 6) is 3.17. The molecule has 1 unspecified atom stereocenters. The van der Waals surface area contributed by atoms with E-state index in [1.807, 2.05) is 66.2 Å². The molecule has 0 saturated heterocycles. The lowest BCUT2D eigenvalue weighted by Crippen LogP contribution is -2.24. The van der Waals surface area contributed by atoms with Crippen molar-refractivity contribution >= 4 is 17.5 Å². The largest absolute Gasteiger partial charge is 0.485 e. The van der Waals surface area contributed by atoms with Crippen LogP contribution in [0.1, 0.15) is 35.1 Å². The van der Waals surface area contributed by atoms with Gasteiger partial charge in [0.2, 0.25) is 0 Å². The molecule has 0 N–H and O–H groups in total. The molecule has 0 radical (unpaired) electrons. The molecule has 0 spiro atoms. The number of fused-ring (bicyclic) bond motifs is 1. The molecular weight excluding hydrogens is 374 g/mol. The summed E-state index contributed by atoms with van der Waals surface area (Å²) in [5.41, 5.74) is 0.767. The van der Waals surface area contributed by atoms with Crippen molar-refractivity contribution < 1.29 is 14.3 Å². The minimum atomic E-state index is -0.290. The van der Waals surface area contributed by atoms with Gasteiger partial charge in [-0.05, 0) is 18.6 Å². The first-order valence-corrected chi connectivity index (χ1v) is 10.2. The first-order chi connectivity index (χ1) is 13.7. The quantitative estimate of drug-likeness (QED) is 0.341. The Hall–Kier alpha value is -2.80. The van der Waals surface area contributed by atoms with E-state index in [0.29, 0.717) is 13.0 Å². The van der Waals surface area contributed by atoms with E-state index in [-0.39, 0.29) is 11.9 Å². The van der Waals surface area contributed by atoms with Gasteiger partial charge in [-0.25, -0.2) is 0 Å². The Morgan fingerprint density at radius 2 is 1.86 bits per heavy atom. The molecule has 144 valence electrons. The number of benzene rings is 2. The van der Waals surface area contributed by atoms with Crippen molar-refractivity contribution in [2.45, 2.75) is 24.1 Å². The number of ketones is 1. The van der Waals surface area contributed by atoms with E-state index >= 15 is 0 Å². The van der Waals surface area contributed by atoms with Crippen LogP contribution in [0.5, 0.6) is 11.5 Å². The van der Waals surface area contributed by atoms with E-state index in [1.165, 1.54) is 0 Å². The van der Waals surface area contributed by atoms with Gasteiger partial charge in [-0.1, -0.05) is 54.2 Å². The van der Waals surface area contributed by atoms with Crippen molar-refractivity contribution in [3.8, 4) is 11.5 Å². The van der Waals surface area contributed by atoms with Gasteiger partial charge >= 0.3 is 0 Å². The summed E-state index contributed by atoms with van der Waals surface area (Å²) in [6.07, 6.45) is 1.02. The number of carbonyl (C=O) groups excluding carboxylic acids is 1. The summed E-state index contributed by atoms with van der Waals surface area (Å²) >= 11 is 1.60. The molecule has 1 aliphatic rings. The fraction of sp³-hybridized carbons (Fsp3) is 0.286. The Bertz CT molecular complexity index is 959. The number of carbonyl (C=O) groups is 1. The lowest BCUT2D eigenvalue weighted by atomic mass is 10.1. The van der Waals surface area contributed by atoms with Crippen LogP contribution in [0, 0.1) is 0 Å². The topological polar surface area (TPSA) is 66.2 Å². The van der Waals surface area contributed by atoms with E-state index in [0.717, 1.165) is 40.2 Å². The van der Waals surface area contributed by atoms with Gasteiger partial charge in [-0.15, -0.1) is 10.2 Å². The van der Waals surface area contributed by atoms with Gasteiger partial charge in [0.25, 0.3) is 0 Å². The Balaban J connectivity index is 1.31. The van der Waals surface area contributed by atoms with E-state index < -0.39 is 0 Å². The van der Waals surface area contributed by atoms with Crippen LogP contribution in [0.15, 0.2) is 59.8 Å². The zero-order chi connectivity index (χ0) is 19.3. The van der Waals surface area contributed by atoms with E-state index in [1.54, 1.807) is 11.8 Å². The predicted octanol–water partition coefficient (Wildman–Crippen LogP) is 4.08. The number of ether oxygens (including phenoxy) is 2. The van der Waals surface area contributed by atoms with E-state index in [2.05, 4.69) is 10.2 Å². The fourth-order valence-corrected chi connectivity index (χ4v) is 3.90. The minimum Gasteiger partial charge on any atom is -0.485 e. The summed E-state index contributed by atoms with van der Waals surface area (Å²) in [7, 11) is 1.93. The van der Waals surface area contributed by atoms with Crippen molar-refractivity contribution in [3.05, 3.63) is 66.0 Å². The monoisotopic (exact) mass is 395 g/mol. The Morgan fingerprint density at radius 3 is 2.68 bits per heavy atom. The highest BCUT2D eigenvalue weighted by atomic mass is 32.2. The van der Waals surface area contributed by atoms with Gasteiger partial charge in [0, 0.05) is 24.8 Å². The van der Waals surface area contributed by atoms with Crippen LogP contribution in [0.4, 0.5) is 0 Å². The first kappa shape index (κ1) is 18.6. The van der Waals surface area contributed by atoms with E-state index in [4.69, 9.17) is 9.47 Å². The molecule has 2 aromatic carbocycles. The molecule has 1 atom stereocenters. The molecule has 3 aromatic rings. The van der Waals surface area contributed by atoms with Gasteiger partial charge < -0.3 is 14.0 Å². The number of para-hydroxylation sites is 2. The number of nitrogens with zero attached hydrogens (tertiary/aromatic N) is 3. The molecule has 1 aromatic heterocycles. The molecule has 4 rings (SSSR count). The molecule has 1 aliphatic heterocycles. The van der Waals surface area contributed by atoms with Gasteiger partial charge in [0.1, 0.15) is 6.61 Å². The van der Waals surface area contributed by atoms with Crippen LogP contribution in [-0.4, -0.2) is 32.9 Å². The van der Waals surface area contributed by atoms with Crippen molar-refractivity contribution in [2.24, 2.45) is 7.05 Å². The summed E-state index contributed by atoms with van der Waals surface area (Å²) in [5, 5.41) is 9.38. The fourth-order valence-electron chi connectivity index (χ4n) is 3.04. The molecule has 0 saturated carbocycles. The zero-order valence-corrected chi connectivity index (χ0v) is 16.4. The van der Waals surface area contributed by atoms with Crippen LogP contribution < -0.4 is 9.47 Å². The van der Waals surface area contributed by atoms with Crippen LogP contribution in [0.3, 0.4) is 0 Å². The second-order valence-electron chi connectivity index (χ2n) is 6.51. The summed E-state index contributed by atoms with van der Waals surface area (Å²) in [4.78, 5) is 12.2. The van der Waals surface area contributed by atoms with Gasteiger partial charge in [0.15, 0.2) is 34.4 Å². The molecule has 0 bridgehead atoms. The Morgan fingerprint density at radius 1 is 1.11 bits per heavy atom. The molecule has 28 heavy (non-hydrogen) atoms. The summed E-state index contributed by atoms with van der Waals surface area (Å²) < 4.78 is 13.7. The molecule has 0 aliphatic carbocycles. The first-order valence-electron chi connectivity index (χ1n) is 9.21. The summed E-state index contributed by atoms with van der Waals surface area (Å²) in [6, 6.07) is 17.0. The van der Waals surface area contributed by atoms with Crippen molar-refractivity contribution in [2.75, 3.05) is 12.4 Å². The van der Waals surface area contributed by atoms with Gasteiger partial charge in [-0.2, -0.15) is 0 Å². The van der Waals surface area contributed by atoms with Crippen LogP contribution in [0.25, 0.3) is 0 Å². The maximum absolute atomic E-state index is 12.2. The SMILES string of the molecule is Cn1c(SCCCC(=O)c2ccccc2)nnc1C1COc2ccccc2O1. The Labute approximate surface area is 167 Å². The van der Waals surface area contributed by atoms with Crippen molar-refractivity contribution in [1.29, 1.82) is 0 Å². The lowest BCUT2D eigenvalue weighted by Gasteiger charge is -2.25. The maximum atomic E-state index is 12.2. The normalized spacial score (nSPS) is 15.4. The highest BCUT2D eigenvalue weighted by Gasteiger charge is 2.27. The van der Waals surface area contributed by atoms with Crippen LogP contribution in [-0.2, 0) is 7.05 Å². The second-order valence-corrected chi connectivity index (χ2v) is 7.57. The molecule has 7 heteroatoms. The lowest BCUT2D eigenvalue weighted by molar-refractivity contribution is 0.0825. The highest BCUT2D eigenvalue weighted by Crippen LogP contribution is 2.35. The minimum absolute atomic E-state index is 0.172. The number of rotatable bonds is 7. The third kappa shape index (κ3) is 4.04. The number of Topliss-reactive ketones (excluding diaryl/α,β-unsaturated/α-hetero) is 1. The number of hydrogen-bond acceptors (Lipinski definition) is 6. The van der Waals surface area contributed by atoms with E-state index in [9.17, 15) is 4.79 Å². The van der Waals surface area contributed by atoms with Crippen molar-refractivity contribution in [3.63, 3.8) is 0 Å². The number of aromatic nitrogens is 3. The van der Waals surface area contributed by atoms with Gasteiger partial charge in [0.05, 0.1) is 0 Å². The third-order valence-corrected chi connectivity index (χ3v) is 5.65. The highest BCUT2D eigenvalue weighted by molar-refractivity contribution is 7.99. The molecule has 0 fully saturated rings. The molecule has 2 heterocycles. The molecule has 0 amide bonds. The molecule has 6 nitrogen and oxygen atoms in total. The third-order valence-electron chi connectivity index (χ3n) is 4.54.